The van der Waals surface area contributed by atoms with Crippen molar-refractivity contribution < 1.29 is 22.4 Å². The van der Waals surface area contributed by atoms with E-state index in [9.17, 15) is 18.0 Å². The molecule has 3 atom stereocenters. The summed E-state index contributed by atoms with van der Waals surface area (Å²) in [5.41, 5.74) is -0.647. The first-order valence-electron chi connectivity index (χ1n) is 9.77. The number of benzene rings is 1. The summed E-state index contributed by atoms with van der Waals surface area (Å²) < 4.78 is 34.1. The maximum absolute atomic E-state index is 13.6. The molecule has 1 aromatic carbocycles. The van der Waals surface area contributed by atoms with Crippen LogP contribution in [-0.4, -0.2) is 44.9 Å². The second kappa shape index (κ2) is 6.89. The van der Waals surface area contributed by atoms with Crippen LogP contribution in [0.5, 0.6) is 0 Å². The number of piperidine rings is 1. The Morgan fingerprint density at radius 2 is 1.79 bits per heavy atom. The fourth-order valence-electron chi connectivity index (χ4n) is 3.61. The molecule has 1 fully saturated rings. The van der Waals surface area contributed by atoms with Crippen LogP contribution in [0, 0.1) is 12.8 Å². The Kier molecular flexibility index (Phi) is 5.21. The summed E-state index contributed by atoms with van der Waals surface area (Å²) in [6.45, 7) is 12.0. The molecule has 0 spiro atoms. The van der Waals surface area contributed by atoms with Crippen LogP contribution in [0.3, 0.4) is 0 Å². The molecule has 1 amide bonds. The smallest absolute Gasteiger partial charge is 0.272 e. The summed E-state index contributed by atoms with van der Waals surface area (Å²) in [6, 6.07) is 5.72. The zero-order valence-electron chi connectivity index (χ0n) is 17.8. The van der Waals surface area contributed by atoms with Crippen LogP contribution in [0.2, 0.25) is 18.1 Å². The third-order valence-electron chi connectivity index (χ3n) is 6.42. The maximum Gasteiger partial charge on any atom is 0.272 e. The first-order valence-corrected chi connectivity index (χ1v) is 14.1. The average Bonchev–Trinajstić information content (AvgIpc) is 2.61. The highest BCUT2D eigenvalue weighted by Crippen LogP contribution is 2.48. The molecule has 8 heteroatoms. The van der Waals surface area contributed by atoms with Gasteiger partial charge in [-0.25, -0.2) is 12.7 Å². The Bertz CT molecular complexity index is 962. The summed E-state index contributed by atoms with van der Waals surface area (Å²) in [5.74, 6) is -1.37. The van der Waals surface area contributed by atoms with Crippen LogP contribution in [0.25, 0.3) is 0 Å². The van der Waals surface area contributed by atoms with Crippen molar-refractivity contribution >= 4 is 30.5 Å². The SMILES string of the molecule is Cc1ccc(S(=O)(=O)N2C(=O)[C@@]3(O[Si](C)(C)C(C)(C)C)C=C[C@@H]2C[C@@H]3C=O)cc1. The van der Waals surface area contributed by atoms with Crippen LogP contribution in [-0.2, 0) is 24.0 Å². The topological polar surface area (TPSA) is 80.8 Å². The number of rotatable bonds is 5. The van der Waals surface area contributed by atoms with Gasteiger partial charge in [0.1, 0.15) is 6.29 Å². The molecule has 1 saturated heterocycles. The first kappa shape index (κ1) is 21.9. The minimum Gasteiger partial charge on any atom is -0.399 e. The van der Waals surface area contributed by atoms with E-state index in [0.29, 0.717) is 0 Å². The molecular formula is C21H29NO5SSi. The highest BCUT2D eigenvalue weighted by atomic mass is 32.2. The van der Waals surface area contributed by atoms with Gasteiger partial charge in [0.2, 0.25) is 0 Å². The van der Waals surface area contributed by atoms with E-state index in [0.717, 1.165) is 16.2 Å². The molecule has 158 valence electrons. The Hall–Kier alpha value is -1.77. The number of amides is 1. The van der Waals surface area contributed by atoms with Gasteiger partial charge in [-0.05, 0) is 49.7 Å². The molecule has 0 N–H and O–H groups in total. The molecule has 0 radical (unpaired) electrons. The largest absolute Gasteiger partial charge is 0.399 e. The van der Waals surface area contributed by atoms with Crippen molar-refractivity contribution in [2.75, 3.05) is 0 Å². The molecule has 0 aromatic heterocycles. The van der Waals surface area contributed by atoms with Gasteiger partial charge in [-0.2, -0.15) is 0 Å². The van der Waals surface area contributed by atoms with Gasteiger partial charge in [0.25, 0.3) is 15.9 Å². The monoisotopic (exact) mass is 435 g/mol. The fraction of sp³-hybridized carbons (Fsp3) is 0.524. The summed E-state index contributed by atoms with van der Waals surface area (Å²) in [6.07, 6.45) is 4.27. The van der Waals surface area contributed by atoms with Crippen molar-refractivity contribution in [2.45, 2.75) is 68.8 Å². The van der Waals surface area contributed by atoms with Gasteiger partial charge in [0, 0.05) is 0 Å². The third-order valence-corrected chi connectivity index (χ3v) is 12.7. The summed E-state index contributed by atoms with van der Waals surface area (Å²) in [7, 11) is -6.56. The summed E-state index contributed by atoms with van der Waals surface area (Å²) >= 11 is 0. The van der Waals surface area contributed by atoms with Gasteiger partial charge < -0.3 is 9.22 Å². The lowest BCUT2D eigenvalue weighted by Crippen LogP contribution is -2.69. The van der Waals surface area contributed by atoms with Gasteiger partial charge in [-0.1, -0.05) is 44.5 Å². The van der Waals surface area contributed by atoms with Crippen molar-refractivity contribution in [3.63, 3.8) is 0 Å². The van der Waals surface area contributed by atoms with Crippen LogP contribution in [0.4, 0.5) is 0 Å². The average molecular weight is 436 g/mol. The fourth-order valence-corrected chi connectivity index (χ4v) is 6.65. The minimum absolute atomic E-state index is 0.0579. The van der Waals surface area contributed by atoms with E-state index < -0.39 is 41.8 Å². The molecule has 0 unspecified atom stereocenters. The van der Waals surface area contributed by atoms with Gasteiger partial charge in [0.15, 0.2) is 13.9 Å². The minimum atomic E-state index is -4.07. The van der Waals surface area contributed by atoms with Crippen molar-refractivity contribution in [2.24, 2.45) is 5.92 Å². The number of hydrogen-bond donors (Lipinski definition) is 0. The molecule has 6 nitrogen and oxygen atoms in total. The van der Waals surface area contributed by atoms with E-state index in [1.165, 1.54) is 12.1 Å². The Balaban J connectivity index is 2.09. The van der Waals surface area contributed by atoms with E-state index in [-0.39, 0.29) is 16.4 Å². The normalized spacial score (nSPS) is 27.4. The van der Waals surface area contributed by atoms with Crippen LogP contribution in [0.1, 0.15) is 32.8 Å². The quantitative estimate of drug-likeness (QED) is 0.402. The van der Waals surface area contributed by atoms with E-state index in [2.05, 4.69) is 0 Å². The second-order valence-electron chi connectivity index (χ2n) is 9.48. The Morgan fingerprint density at radius 1 is 1.21 bits per heavy atom. The number of hydrogen-bond acceptors (Lipinski definition) is 5. The van der Waals surface area contributed by atoms with Gasteiger partial charge in [-0.15, -0.1) is 0 Å². The number of aldehydes is 1. The van der Waals surface area contributed by atoms with E-state index >= 15 is 0 Å². The van der Waals surface area contributed by atoms with Crippen LogP contribution < -0.4 is 0 Å². The van der Waals surface area contributed by atoms with Crippen molar-refractivity contribution in [1.29, 1.82) is 0 Å². The maximum atomic E-state index is 13.6. The van der Waals surface area contributed by atoms with Crippen molar-refractivity contribution in [3.8, 4) is 0 Å². The lowest BCUT2D eigenvalue weighted by atomic mass is 9.74. The molecule has 29 heavy (non-hydrogen) atoms. The van der Waals surface area contributed by atoms with E-state index in [1.807, 2.05) is 40.8 Å². The predicted molar refractivity (Wildman–Crippen MR) is 113 cm³/mol. The van der Waals surface area contributed by atoms with Crippen molar-refractivity contribution in [1.82, 2.24) is 4.31 Å². The Morgan fingerprint density at radius 3 is 2.31 bits per heavy atom. The van der Waals surface area contributed by atoms with Crippen molar-refractivity contribution in [3.05, 3.63) is 42.0 Å². The summed E-state index contributed by atoms with van der Waals surface area (Å²) in [5, 5.41) is -0.210. The highest BCUT2D eigenvalue weighted by molar-refractivity contribution is 7.89. The summed E-state index contributed by atoms with van der Waals surface area (Å²) in [4.78, 5) is 25.5. The zero-order chi connectivity index (χ0) is 21.8. The van der Waals surface area contributed by atoms with Crippen LogP contribution >= 0.6 is 0 Å². The first-order chi connectivity index (χ1) is 13.3. The predicted octanol–water partition coefficient (Wildman–Crippen LogP) is 3.43. The molecule has 2 bridgehead atoms. The highest BCUT2D eigenvalue weighted by Gasteiger charge is 2.61. The molecule has 1 aromatic rings. The number of carbonyl (C=O) groups is 2. The molecule has 3 aliphatic rings. The van der Waals surface area contributed by atoms with Gasteiger partial charge >= 0.3 is 0 Å². The lowest BCUT2D eigenvalue weighted by Gasteiger charge is -2.53. The number of sulfonamides is 1. The third kappa shape index (κ3) is 3.41. The van der Waals surface area contributed by atoms with E-state index in [4.69, 9.17) is 4.43 Å². The number of aryl methyl sites for hydroxylation is 1. The molecule has 2 aliphatic heterocycles. The van der Waals surface area contributed by atoms with E-state index in [1.54, 1.807) is 24.3 Å². The number of nitrogens with zero attached hydrogens (tertiary/aromatic N) is 1. The standard InChI is InChI=1S/C21H29NO5SSi/c1-15-7-9-18(10-8-15)28(25,26)22-17-11-12-21(19(22)24,16(13-17)14-23)27-29(5,6)20(2,3)4/h7-12,14,16-17H,13H2,1-6H3/t16-,17-,21-/m1/s1. The van der Waals surface area contributed by atoms with Crippen LogP contribution in [0.15, 0.2) is 41.3 Å². The molecule has 4 rings (SSSR count). The second-order valence-corrected chi connectivity index (χ2v) is 16.0. The number of fused-ring (bicyclic) bond motifs is 2. The lowest BCUT2D eigenvalue weighted by molar-refractivity contribution is -0.155. The zero-order valence-corrected chi connectivity index (χ0v) is 19.6. The Labute approximate surface area is 174 Å². The van der Waals surface area contributed by atoms with Gasteiger partial charge in [-0.3, -0.25) is 4.79 Å². The molecule has 1 aliphatic carbocycles. The number of carbonyl (C=O) groups excluding carboxylic acids is 2. The van der Waals surface area contributed by atoms with Gasteiger partial charge in [0.05, 0.1) is 16.9 Å². The molecular weight excluding hydrogens is 406 g/mol. The molecule has 2 heterocycles. The molecule has 0 saturated carbocycles.